The minimum atomic E-state index is -0.421. The number of carbonyl (C=O) groups is 1. The minimum absolute atomic E-state index is 0.293. The lowest BCUT2D eigenvalue weighted by atomic mass is 10.1. The van der Waals surface area contributed by atoms with Crippen LogP contribution in [0, 0.1) is 13.8 Å². The fourth-order valence-electron chi connectivity index (χ4n) is 3.60. The van der Waals surface area contributed by atoms with Crippen molar-refractivity contribution in [3.8, 4) is 0 Å². The Hall–Kier alpha value is -2.87. The fraction of sp³-hybridized carbons (Fsp3) is 0.522. The molecule has 0 unspecified atom stereocenters. The van der Waals surface area contributed by atoms with E-state index in [-0.39, 0.29) is 0 Å². The summed E-state index contributed by atoms with van der Waals surface area (Å²) in [5.41, 5.74) is 0.785. The van der Waals surface area contributed by atoms with Crippen molar-refractivity contribution in [2.24, 2.45) is 0 Å². The van der Waals surface area contributed by atoms with Crippen LogP contribution in [0.4, 0.5) is 5.82 Å². The third-order valence-electron chi connectivity index (χ3n) is 5.39. The lowest BCUT2D eigenvalue weighted by Gasteiger charge is -2.27. The number of hydrogen-bond acceptors (Lipinski definition) is 8. The molecule has 0 aliphatic rings. The topological polar surface area (TPSA) is 93.6 Å². The first-order valence-electron chi connectivity index (χ1n) is 10.9. The molecule has 0 saturated carbocycles. The van der Waals surface area contributed by atoms with Crippen LogP contribution in [0.5, 0.6) is 0 Å². The predicted octanol–water partition coefficient (Wildman–Crippen LogP) is 4.71. The van der Waals surface area contributed by atoms with Crippen LogP contribution in [-0.4, -0.2) is 46.6 Å². The average molecular weight is 429 g/mol. The molecule has 3 rings (SSSR count). The maximum absolute atomic E-state index is 12.5. The highest BCUT2D eigenvalue weighted by Gasteiger charge is 2.24. The molecule has 1 N–H and O–H groups in total. The predicted molar refractivity (Wildman–Crippen MR) is 119 cm³/mol. The molecule has 3 aromatic rings. The third kappa shape index (κ3) is 5.44. The van der Waals surface area contributed by atoms with E-state index < -0.39 is 5.97 Å². The molecule has 8 nitrogen and oxygen atoms in total. The molecule has 1 atom stereocenters. The van der Waals surface area contributed by atoms with Crippen molar-refractivity contribution >= 4 is 22.9 Å². The highest BCUT2D eigenvalue weighted by atomic mass is 16.5. The molecule has 0 saturated heterocycles. The lowest BCUT2D eigenvalue weighted by Crippen LogP contribution is -2.33. The van der Waals surface area contributed by atoms with E-state index in [9.17, 15) is 4.79 Å². The summed E-state index contributed by atoms with van der Waals surface area (Å²) in [5, 5.41) is 3.96. The molecule has 3 aromatic heterocycles. The molecular weight excluding hydrogens is 396 g/mol. The summed E-state index contributed by atoms with van der Waals surface area (Å²) < 4.78 is 16.5. The van der Waals surface area contributed by atoms with Crippen LogP contribution >= 0.6 is 0 Å². The first-order chi connectivity index (χ1) is 14.9. The van der Waals surface area contributed by atoms with E-state index in [1.165, 1.54) is 0 Å². The molecule has 168 valence electrons. The standard InChI is InChI=1S/C23H32N4O4/c1-6-15(3)27(14-18-10-8-13-30-18)12-9-11-24-21-20-19(23(28)29-7-2)16(4)31-22(20)26-17(5)25-21/h8,10,13,15H,6-7,9,11-12,14H2,1-5H3,(H,24,25,26)/t15-/m1/s1. The molecule has 0 bridgehead atoms. The summed E-state index contributed by atoms with van der Waals surface area (Å²) in [6, 6.07) is 4.37. The number of nitrogens with one attached hydrogen (secondary N) is 1. The Bertz CT molecular complexity index is 997. The molecule has 0 amide bonds. The highest BCUT2D eigenvalue weighted by Crippen LogP contribution is 2.30. The van der Waals surface area contributed by atoms with Crippen LogP contribution in [0.1, 0.15) is 61.3 Å². The molecule has 0 aliphatic carbocycles. The zero-order valence-corrected chi connectivity index (χ0v) is 19.0. The molecule has 8 heteroatoms. The third-order valence-corrected chi connectivity index (χ3v) is 5.39. The van der Waals surface area contributed by atoms with Gasteiger partial charge in [-0.1, -0.05) is 6.92 Å². The summed E-state index contributed by atoms with van der Waals surface area (Å²) in [5.74, 6) is 2.21. The second kappa shape index (κ2) is 10.4. The van der Waals surface area contributed by atoms with Gasteiger partial charge in [-0.15, -0.1) is 0 Å². The highest BCUT2D eigenvalue weighted by molar-refractivity contribution is 6.07. The minimum Gasteiger partial charge on any atom is -0.468 e. The first-order valence-corrected chi connectivity index (χ1v) is 10.9. The Morgan fingerprint density at radius 3 is 2.77 bits per heavy atom. The number of aryl methyl sites for hydroxylation is 2. The van der Waals surface area contributed by atoms with Gasteiger partial charge in [0.05, 0.1) is 24.8 Å². The van der Waals surface area contributed by atoms with Crippen molar-refractivity contribution in [1.82, 2.24) is 14.9 Å². The largest absolute Gasteiger partial charge is 0.468 e. The van der Waals surface area contributed by atoms with Crippen molar-refractivity contribution in [2.75, 3.05) is 25.0 Å². The summed E-state index contributed by atoms with van der Waals surface area (Å²) in [7, 11) is 0. The number of hydrogen-bond donors (Lipinski definition) is 1. The van der Waals surface area contributed by atoms with Gasteiger partial charge in [0.2, 0.25) is 5.71 Å². The number of carbonyl (C=O) groups excluding carboxylic acids is 1. The molecule has 0 aromatic carbocycles. The molecule has 0 radical (unpaired) electrons. The molecule has 3 heterocycles. The maximum atomic E-state index is 12.5. The molecule has 31 heavy (non-hydrogen) atoms. The van der Waals surface area contributed by atoms with Gasteiger partial charge in [-0.2, -0.15) is 4.98 Å². The van der Waals surface area contributed by atoms with Crippen LogP contribution in [0.15, 0.2) is 27.2 Å². The monoisotopic (exact) mass is 428 g/mol. The number of esters is 1. The lowest BCUT2D eigenvalue weighted by molar-refractivity contribution is 0.0526. The van der Waals surface area contributed by atoms with Gasteiger partial charge < -0.3 is 18.9 Å². The Kier molecular flexibility index (Phi) is 7.68. The quantitative estimate of drug-likeness (QED) is 0.347. The van der Waals surface area contributed by atoms with Crippen molar-refractivity contribution in [1.29, 1.82) is 0 Å². The summed E-state index contributed by atoms with van der Waals surface area (Å²) in [6.07, 6.45) is 3.68. The van der Waals surface area contributed by atoms with E-state index in [0.717, 1.165) is 31.7 Å². The molecule has 0 fully saturated rings. The zero-order valence-electron chi connectivity index (χ0n) is 19.0. The van der Waals surface area contributed by atoms with Crippen molar-refractivity contribution in [3.63, 3.8) is 0 Å². The zero-order chi connectivity index (χ0) is 22.4. The van der Waals surface area contributed by atoms with E-state index >= 15 is 0 Å². The Morgan fingerprint density at radius 1 is 1.29 bits per heavy atom. The van der Waals surface area contributed by atoms with E-state index in [1.807, 2.05) is 12.1 Å². The molecular formula is C23H32N4O4. The first kappa shape index (κ1) is 22.8. The van der Waals surface area contributed by atoms with Crippen molar-refractivity contribution in [3.05, 3.63) is 41.3 Å². The van der Waals surface area contributed by atoms with E-state index in [4.69, 9.17) is 13.6 Å². The van der Waals surface area contributed by atoms with Gasteiger partial charge in [-0.05, 0) is 52.7 Å². The maximum Gasteiger partial charge on any atom is 0.342 e. The average Bonchev–Trinajstić information content (AvgIpc) is 3.36. The Morgan fingerprint density at radius 2 is 2.10 bits per heavy atom. The fourth-order valence-corrected chi connectivity index (χ4v) is 3.60. The molecule has 0 spiro atoms. The molecule has 0 aliphatic heterocycles. The van der Waals surface area contributed by atoms with Crippen LogP contribution in [0.2, 0.25) is 0 Å². The number of furan rings is 2. The number of anilines is 1. The van der Waals surface area contributed by atoms with Crippen LogP contribution in [0.3, 0.4) is 0 Å². The van der Waals surface area contributed by atoms with Crippen LogP contribution in [0.25, 0.3) is 11.1 Å². The van der Waals surface area contributed by atoms with Crippen LogP contribution in [-0.2, 0) is 11.3 Å². The summed E-state index contributed by atoms with van der Waals surface area (Å²) >= 11 is 0. The number of nitrogens with zero attached hydrogens (tertiary/aromatic N) is 3. The Labute approximate surface area is 183 Å². The number of aromatic nitrogens is 2. The summed E-state index contributed by atoms with van der Waals surface area (Å²) in [4.78, 5) is 23.8. The number of ether oxygens (including phenoxy) is 1. The van der Waals surface area contributed by atoms with Crippen molar-refractivity contribution < 1.29 is 18.4 Å². The normalized spacial score (nSPS) is 12.5. The van der Waals surface area contributed by atoms with Gasteiger partial charge in [-0.3, -0.25) is 4.90 Å². The second-order valence-electron chi connectivity index (χ2n) is 7.64. The summed E-state index contributed by atoms with van der Waals surface area (Å²) in [6.45, 7) is 12.4. The number of rotatable bonds is 11. The van der Waals surface area contributed by atoms with Gasteiger partial charge in [0.15, 0.2) is 0 Å². The van der Waals surface area contributed by atoms with Gasteiger partial charge in [-0.25, -0.2) is 9.78 Å². The van der Waals surface area contributed by atoms with E-state index in [2.05, 4.69) is 34.0 Å². The van der Waals surface area contributed by atoms with Gasteiger partial charge in [0, 0.05) is 19.1 Å². The van der Waals surface area contributed by atoms with Gasteiger partial charge in [0.1, 0.15) is 28.7 Å². The Balaban J connectivity index is 1.72. The van der Waals surface area contributed by atoms with Gasteiger partial charge >= 0.3 is 5.97 Å². The van der Waals surface area contributed by atoms with E-state index in [1.54, 1.807) is 27.0 Å². The number of fused-ring (bicyclic) bond motifs is 1. The van der Waals surface area contributed by atoms with Crippen molar-refractivity contribution in [2.45, 2.75) is 60.0 Å². The smallest absolute Gasteiger partial charge is 0.342 e. The van der Waals surface area contributed by atoms with E-state index in [0.29, 0.717) is 53.3 Å². The van der Waals surface area contributed by atoms with Gasteiger partial charge in [0.25, 0.3) is 0 Å². The second-order valence-corrected chi connectivity index (χ2v) is 7.64. The van der Waals surface area contributed by atoms with Crippen LogP contribution < -0.4 is 5.32 Å². The SMILES string of the molecule is CCOC(=O)c1c(C)oc2nc(C)nc(NCCCN(Cc3ccco3)[C@H](C)CC)c12.